The van der Waals surface area contributed by atoms with Crippen molar-refractivity contribution < 1.29 is 26.0 Å². The molecule has 3 aromatic rings. The number of hydrogen-bond acceptors (Lipinski definition) is 6. The van der Waals surface area contributed by atoms with Gasteiger partial charge in [-0.05, 0) is 47.5 Å². The molecule has 0 aliphatic carbocycles. The van der Waals surface area contributed by atoms with Crippen molar-refractivity contribution in [1.82, 2.24) is 18.9 Å². The van der Waals surface area contributed by atoms with Crippen molar-refractivity contribution in [1.29, 1.82) is 0 Å². The molecular weight excluding hydrogens is 605 g/mol. The number of carbonyl (C=O) groups is 1. The Morgan fingerprint density at radius 1 is 0.881 bits per heavy atom. The van der Waals surface area contributed by atoms with E-state index in [9.17, 15) is 26.0 Å². The van der Waals surface area contributed by atoms with E-state index in [1.165, 1.54) is 25.8 Å². The van der Waals surface area contributed by atoms with Crippen molar-refractivity contribution in [2.24, 2.45) is 5.10 Å². The Bertz CT molecular complexity index is 1660. The van der Waals surface area contributed by atoms with Crippen molar-refractivity contribution in [2.45, 2.75) is 10.8 Å². The van der Waals surface area contributed by atoms with Crippen LogP contribution in [0.4, 0.5) is 9.18 Å². The molecule has 1 atom stereocenters. The Kier molecular flexibility index (Phi) is 8.94. The van der Waals surface area contributed by atoms with Crippen LogP contribution in [-0.4, -0.2) is 87.2 Å². The molecular formula is C28H29ClFN5O5S2. The lowest BCUT2D eigenvalue weighted by Gasteiger charge is -2.33. The van der Waals surface area contributed by atoms with Crippen LogP contribution in [-0.2, 0) is 20.0 Å². The first-order chi connectivity index (χ1) is 20.0. The van der Waals surface area contributed by atoms with Crippen molar-refractivity contribution in [2.75, 3.05) is 45.0 Å². The summed E-state index contributed by atoms with van der Waals surface area (Å²) in [5, 5.41) is 9.09. The minimum atomic E-state index is -3.87. The first kappa shape index (κ1) is 30.1. The fraction of sp³-hybridized carbons (Fsp3) is 0.286. The molecule has 3 aromatic carbocycles. The van der Waals surface area contributed by atoms with Crippen LogP contribution >= 0.6 is 11.6 Å². The van der Waals surface area contributed by atoms with Crippen LogP contribution in [0.15, 0.2) is 88.9 Å². The molecule has 0 radical (unpaired) electrons. The maximum absolute atomic E-state index is 13.2. The molecule has 2 amide bonds. The van der Waals surface area contributed by atoms with E-state index in [0.29, 0.717) is 10.7 Å². The number of amides is 2. The quantitative estimate of drug-likeness (QED) is 0.408. The predicted octanol–water partition coefficient (Wildman–Crippen LogP) is 3.33. The molecule has 5 rings (SSSR count). The maximum Gasteiger partial charge on any atom is 0.337 e. The fourth-order valence-corrected chi connectivity index (χ4v) is 7.79. The number of halogens is 2. The van der Waals surface area contributed by atoms with Crippen LogP contribution < -0.4 is 5.32 Å². The average molecular weight is 634 g/mol. The van der Waals surface area contributed by atoms with Gasteiger partial charge in [0.15, 0.2) is 0 Å². The standard InChI is InChI=1S/C28H29ClFN5O5S2/c29-23-8-6-22(7-9-23)27-26(21-4-2-1-3-5-21)20-35(32-27)28(36)31-14-19-41(37,38)33-15-17-34(18-16-33)42(39,40)25-12-10-24(30)11-13-25/h1-13,26H,14-20H2,(H,31,36)/t26-/m1/s1. The Labute approximate surface area is 249 Å². The largest absolute Gasteiger partial charge is 0.337 e. The number of urea groups is 1. The van der Waals surface area contributed by atoms with Crippen LogP contribution in [0.5, 0.6) is 0 Å². The van der Waals surface area contributed by atoms with Crippen molar-refractivity contribution in [3.05, 3.63) is 101 Å². The number of nitrogens with zero attached hydrogens (tertiary/aromatic N) is 4. The zero-order valence-corrected chi connectivity index (χ0v) is 24.8. The molecule has 222 valence electrons. The highest BCUT2D eigenvalue weighted by molar-refractivity contribution is 7.89. The second-order valence-electron chi connectivity index (χ2n) is 9.84. The average Bonchev–Trinajstić information content (AvgIpc) is 3.44. The number of rotatable bonds is 8. The summed E-state index contributed by atoms with van der Waals surface area (Å²) in [5.41, 5.74) is 2.52. The van der Waals surface area contributed by atoms with Gasteiger partial charge in [0.25, 0.3) is 0 Å². The summed E-state index contributed by atoms with van der Waals surface area (Å²) in [6.45, 7) is -0.00442. The number of nitrogens with one attached hydrogen (secondary N) is 1. The minimum absolute atomic E-state index is 0.0314. The third-order valence-corrected chi connectivity index (χ3v) is 11.2. The summed E-state index contributed by atoms with van der Waals surface area (Å²) in [6.07, 6.45) is 0. The number of sulfonamides is 2. The van der Waals surface area contributed by atoms with Gasteiger partial charge in [-0.25, -0.2) is 31.0 Å². The lowest BCUT2D eigenvalue weighted by atomic mass is 9.91. The van der Waals surface area contributed by atoms with Crippen LogP contribution in [0.3, 0.4) is 0 Å². The zero-order chi connectivity index (χ0) is 29.9. The van der Waals surface area contributed by atoms with E-state index in [1.54, 1.807) is 12.1 Å². The summed E-state index contributed by atoms with van der Waals surface area (Å²) in [5.74, 6) is -1.08. The third-order valence-electron chi connectivity index (χ3n) is 7.17. The van der Waals surface area contributed by atoms with Gasteiger partial charge in [-0.3, -0.25) is 0 Å². The molecule has 2 aliphatic rings. The third kappa shape index (κ3) is 6.65. The van der Waals surface area contributed by atoms with E-state index in [1.807, 2.05) is 42.5 Å². The predicted molar refractivity (Wildman–Crippen MR) is 158 cm³/mol. The zero-order valence-electron chi connectivity index (χ0n) is 22.4. The highest BCUT2D eigenvalue weighted by Crippen LogP contribution is 2.29. The summed E-state index contributed by atoms with van der Waals surface area (Å²) >= 11 is 6.05. The Morgan fingerprint density at radius 3 is 2.14 bits per heavy atom. The molecule has 0 unspecified atom stereocenters. The van der Waals surface area contributed by atoms with Crippen LogP contribution in [0, 0.1) is 5.82 Å². The molecule has 0 spiro atoms. The molecule has 1 N–H and O–H groups in total. The smallest absolute Gasteiger partial charge is 0.335 e. The van der Waals surface area contributed by atoms with Crippen LogP contribution in [0.1, 0.15) is 17.0 Å². The van der Waals surface area contributed by atoms with Gasteiger partial charge in [0.1, 0.15) is 5.82 Å². The molecule has 2 aliphatic heterocycles. The monoisotopic (exact) mass is 633 g/mol. The van der Waals surface area contributed by atoms with Gasteiger partial charge in [0.2, 0.25) is 20.0 Å². The molecule has 0 aromatic heterocycles. The van der Waals surface area contributed by atoms with Gasteiger partial charge in [0.05, 0.1) is 22.9 Å². The van der Waals surface area contributed by atoms with E-state index in [0.717, 1.165) is 23.3 Å². The van der Waals surface area contributed by atoms with Gasteiger partial charge in [-0.15, -0.1) is 0 Å². The van der Waals surface area contributed by atoms with Crippen molar-refractivity contribution in [3.8, 4) is 0 Å². The van der Waals surface area contributed by atoms with Gasteiger partial charge in [0, 0.05) is 43.7 Å². The highest BCUT2D eigenvalue weighted by Gasteiger charge is 2.34. The molecule has 10 nitrogen and oxygen atoms in total. The highest BCUT2D eigenvalue weighted by atomic mass is 35.5. The lowest BCUT2D eigenvalue weighted by molar-refractivity contribution is 0.204. The summed E-state index contributed by atoms with van der Waals surface area (Å²) in [7, 11) is -7.65. The lowest BCUT2D eigenvalue weighted by Crippen LogP contribution is -2.51. The Hall–Kier alpha value is -3.36. The number of benzene rings is 3. The topological polar surface area (TPSA) is 119 Å². The second-order valence-corrected chi connectivity index (χ2v) is 14.3. The number of carbonyl (C=O) groups excluding carboxylic acids is 1. The van der Waals surface area contributed by atoms with E-state index >= 15 is 0 Å². The summed E-state index contributed by atoms with van der Waals surface area (Å²) in [4.78, 5) is 13.0. The molecule has 2 heterocycles. The first-order valence-electron chi connectivity index (χ1n) is 13.2. The molecule has 1 saturated heterocycles. The molecule has 42 heavy (non-hydrogen) atoms. The molecule has 1 fully saturated rings. The fourth-order valence-electron chi connectivity index (χ4n) is 4.91. The van der Waals surface area contributed by atoms with E-state index in [4.69, 9.17) is 11.6 Å². The van der Waals surface area contributed by atoms with Gasteiger partial charge >= 0.3 is 6.03 Å². The van der Waals surface area contributed by atoms with E-state index in [-0.39, 0.29) is 55.8 Å². The van der Waals surface area contributed by atoms with E-state index in [2.05, 4.69) is 10.4 Å². The SMILES string of the molecule is O=C(NCCS(=O)(=O)N1CCN(S(=O)(=O)c2ccc(F)cc2)CC1)N1C[C@H](c2ccccc2)C(c2ccc(Cl)cc2)=N1. The first-order valence-corrected chi connectivity index (χ1v) is 16.7. The van der Waals surface area contributed by atoms with Gasteiger partial charge in [-0.1, -0.05) is 54.1 Å². The Balaban J connectivity index is 1.17. The van der Waals surface area contributed by atoms with Crippen LogP contribution in [0.2, 0.25) is 5.02 Å². The second kappa shape index (κ2) is 12.5. The summed E-state index contributed by atoms with van der Waals surface area (Å²) < 4.78 is 67.2. The molecule has 0 bridgehead atoms. The molecule has 0 saturated carbocycles. The maximum atomic E-state index is 13.2. The number of piperazine rings is 1. The Morgan fingerprint density at radius 2 is 1.50 bits per heavy atom. The van der Waals surface area contributed by atoms with Crippen molar-refractivity contribution >= 4 is 43.4 Å². The van der Waals surface area contributed by atoms with Gasteiger partial charge in [-0.2, -0.15) is 13.7 Å². The number of hydrogen-bond donors (Lipinski definition) is 1. The van der Waals surface area contributed by atoms with Crippen molar-refractivity contribution in [3.63, 3.8) is 0 Å². The molecule has 14 heteroatoms. The number of hydrazone groups is 1. The minimum Gasteiger partial charge on any atom is -0.335 e. The normalized spacial score (nSPS) is 18.6. The van der Waals surface area contributed by atoms with Gasteiger partial charge < -0.3 is 5.32 Å². The van der Waals surface area contributed by atoms with E-state index < -0.39 is 31.9 Å². The van der Waals surface area contributed by atoms with Crippen LogP contribution in [0.25, 0.3) is 0 Å². The summed E-state index contributed by atoms with van der Waals surface area (Å²) in [6, 6.07) is 20.8.